The largest absolute Gasteiger partial charge is 0.385 e. The zero-order valence-corrected chi connectivity index (χ0v) is 11.8. The number of nitrogens with one attached hydrogen (secondary N) is 1. The minimum atomic E-state index is -0.998. The normalized spacial score (nSPS) is 14.2. The highest BCUT2D eigenvalue weighted by Gasteiger charge is 2.23. The van der Waals surface area contributed by atoms with Crippen molar-refractivity contribution in [2.45, 2.75) is 31.8 Å². The second-order valence-corrected chi connectivity index (χ2v) is 5.29. The van der Waals surface area contributed by atoms with Crippen molar-refractivity contribution in [3.63, 3.8) is 0 Å². The highest BCUT2D eigenvalue weighted by molar-refractivity contribution is 7.08. The molecule has 2 N–H and O–H groups in total. The van der Waals surface area contributed by atoms with Crippen LogP contribution in [0.5, 0.6) is 0 Å². The summed E-state index contributed by atoms with van der Waals surface area (Å²) in [5, 5.41) is 16.8. The summed E-state index contributed by atoms with van der Waals surface area (Å²) in [6, 6.07) is 1.87. The number of aliphatic hydroxyl groups is 1. The van der Waals surface area contributed by atoms with E-state index in [1.165, 1.54) is 11.3 Å². The molecule has 0 saturated carbocycles. The molecule has 1 atom stereocenters. The summed E-state index contributed by atoms with van der Waals surface area (Å²) < 4.78 is 4.92. The average Bonchev–Trinajstić information content (AvgIpc) is 2.87. The number of unbranched alkanes of at least 4 members (excludes halogenated alkanes) is 1. The SMILES string of the molecule is COCCCCC(=O)NCC(C)(O)c1ccsc1. The summed E-state index contributed by atoms with van der Waals surface area (Å²) in [5.41, 5.74) is -0.158. The number of ether oxygens (including phenoxy) is 1. The first-order valence-corrected chi connectivity index (χ1v) is 7.01. The van der Waals surface area contributed by atoms with Gasteiger partial charge >= 0.3 is 0 Å². The Labute approximate surface area is 112 Å². The van der Waals surface area contributed by atoms with Crippen molar-refractivity contribution in [3.05, 3.63) is 22.4 Å². The maximum absolute atomic E-state index is 11.6. The number of thiophene rings is 1. The summed E-state index contributed by atoms with van der Waals surface area (Å²) in [5.74, 6) is -0.0263. The van der Waals surface area contributed by atoms with E-state index in [1.807, 2.05) is 16.8 Å². The Morgan fingerprint density at radius 1 is 1.56 bits per heavy atom. The fourth-order valence-electron chi connectivity index (χ4n) is 1.56. The average molecular weight is 271 g/mol. The Hall–Kier alpha value is -0.910. The third-order valence-electron chi connectivity index (χ3n) is 2.78. The molecule has 1 unspecified atom stereocenters. The van der Waals surface area contributed by atoms with E-state index in [4.69, 9.17) is 4.74 Å². The Bertz CT molecular complexity index is 349. The Morgan fingerprint density at radius 3 is 2.94 bits per heavy atom. The van der Waals surface area contributed by atoms with Crippen molar-refractivity contribution >= 4 is 17.2 Å². The smallest absolute Gasteiger partial charge is 0.220 e. The van der Waals surface area contributed by atoms with Crippen molar-refractivity contribution in [3.8, 4) is 0 Å². The fraction of sp³-hybridized carbons (Fsp3) is 0.615. The van der Waals surface area contributed by atoms with Crippen LogP contribution in [-0.2, 0) is 15.1 Å². The molecule has 0 aliphatic heterocycles. The zero-order chi connectivity index (χ0) is 13.4. The number of hydrogen-bond acceptors (Lipinski definition) is 4. The third kappa shape index (κ3) is 5.16. The molecule has 0 aliphatic rings. The number of amides is 1. The molecule has 5 heteroatoms. The summed E-state index contributed by atoms with van der Waals surface area (Å²) in [7, 11) is 1.65. The monoisotopic (exact) mass is 271 g/mol. The third-order valence-corrected chi connectivity index (χ3v) is 3.46. The van der Waals surface area contributed by atoms with Crippen LogP contribution in [0.2, 0.25) is 0 Å². The van der Waals surface area contributed by atoms with Crippen molar-refractivity contribution in [1.82, 2.24) is 5.32 Å². The lowest BCUT2D eigenvalue weighted by atomic mass is 9.99. The predicted molar refractivity (Wildman–Crippen MR) is 72.6 cm³/mol. The number of hydrogen-bond donors (Lipinski definition) is 2. The van der Waals surface area contributed by atoms with E-state index in [1.54, 1.807) is 14.0 Å². The molecule has 0 aromatic carbocycles. The molecule has 18 heavy (non-hydrogen) atoms. The van der Waals surface area contributed by atoms with Crippen LogP contribution in [0.3, 0.4) is 0 Å². The Morgan fingerprint density at radius 2 is 2.33 bits per heavy atom. The van der Waals surface area contributed by atoms with Gasteiger partial charge < -0.3 is 15.2 Å². The molecule has 0 radical (unpaired) electrons. The molecule has 0 bridgehead atoms. The van der Waals surface area contributed by atoms with Crippen LogP contribution in [0.25, 0.3) is 0 Å². The van der Waals surface area contributed by atoms with Crippen LogP contribution in [0, 0.1) is 0 Å². The standard InChI is InChI=1S/C13H21NO3S/c1-13(16,11-6-8-18-9-11)10-14-12(15)5-3-4-7-17-2/h6,8-9,16H,3-5,7,10H2,1-2H3,(H,14,15). The van der Waals surface area contributed by atoms with E-state index < -0.39 is 5.60 Å². The minimum Gasteiger partial charge on any atom is -0.385 e. The molecule has 0 aliphatic carbocycles. The van der Waals surface area contributed by atoms with E-state index >= 15 is 0 Å². The van der Waals surface area contributed by atoms with Crippen molar-refractivity contribution in [1.29, 1.82) is 0 Å². The maximum Gasteiger partial charge on any atom is 0.220 e. The Kier molecular flexibility index (Phi) is 6.32. The van der Waals surface area contributed by atoms with Crippen molar-refractivity contribution in [2.75, 3.05) is 20.3 Å². The van der Waals surface area contributed by atoms with Crippen LogP contribution < -0.4 is 5.32 Å². The first kappa shape index (κ1) is 15.1. The van der Waals surface area contributed by atoms with Gasteiger partial charge in [-0.2, -0.15) is 11.3 Å². The van der Waals surface area contributed by atoms with Gasteiger partial charge in [-0.05, 0) is 42.2 Å². The van der Waals surface area contributed by atoms with Gasteiger partial charge in [0.2, 0.25) is 5.91 Å². The second-order valence-electron chi connectivity index (χ2n) is 4.51. The van der Waals surface area contributed by atoms with Gasteiger partial charge in [0.05, 0.1) is 6.54 Å². The molecule has 1 rings (SSSR count). The molecule has 1 aromatic rings. The molecule has 4 nitrogen and oxygen atoms in total. The van der Waals surface area contributed by atoms with E-state index in [2.05, 4.69) is 5.32 Å². The molecule has 1 heterocycles. The van der Waals surface area contributed by atoms with Crippen LogP contribution in [0.4, 0.5) is 0 Å². The topological polar surface area (TPSA) is 58.6 Å². The molecule has 1 aromatic heterocycles. The lowest BCUT2D eigenvalue weighted by Gasteiger charge is -2.22. The van der Waals surface area contributed by atoms with Crippen molar-refractivity contribution < 1.29 is 14.6 Å². The first-order chi connectivity index (χ1) is 8.56. The van der Waals surface area contributed by atoms with E-state index in [-0.39, 0.29) is 12.5 Å². The van der Waals surface area contributed by atoms with Gasteiger partial charge in [-0.25, -0.2) is 0 Å². The minimum absolute atomic E-state index is 0.0263. The van der Waals surface area contributed by atoms with Gasteiger partial charge in [0.1, 0.15) is 5.60 Å². The lowest BCUT2D eigenvalue weighted by molar-refractivity contribution is -0.122. The van der Waals surface area contributed by atoms with Crippen LogP contribution in [-0.4, -0.2) is 31.3 Å². The lowest BCUT2D eigenvalue weighted by Crippen LogP contribution is -2.38. The molecular formula is C13H21NO3S. The van der Waals surface area contributed by atoms with Gasteiger partial charge in [0, 0.05) is 20.1 Å². The van der Waals surface area contributed by atoms with Gasteiger partial charge in [0.15, 0.2) is 0 Å². The summed E-state index contributed by atoms with van der Waals surface area (Å²) in [4.78, 5) is 11.6. The van der Waals surface area contributed by atoms with E-state index in [0.29, 0.717) is 13.0 Å². The number of carbonyl (C=O) groups excluding carboxylic acids is 1. The maximum atomic E-state index is 11.6. The number of rotatable bonds is 8. The number of methoxy groups -OCH3 is 1. The van der Waals surface area contributed by atoms with Gasteiger partial charge in [-0.1, -0.05) is 0 Å². The second kappa shape index (κ2) is 7.51. The van der Waals surface area contributed by atoms with Crippen LogP contribution >= 0.6 is 11.3 Å². The molecule has 0 spiro atoms. The molecule has 1 amide bonds. The Balaban J connectivity index is 2.25. The van der Waals surface area contributed by atoms with Crippen LogP contribution in [0.1, 0.15) is 31.7 Å². The molecule has 0 saturated heterocycles. The van der Waals surface area contributed by atoms with Gasteiger partial charge in [-0.15, -0.1) is 0 Å². The van der Waals surface area contributed by atoms with Gasteiger partial charge in [-0.3, -0.25) is 4.79 Å². The fourth-order valence-corrected chi connectivity index (χ4v) is 2.35. The first-order valence-electron chi connectivity index (χ1n) is 6.07. The van der Waals surface area contributed by atoms with E-state index in [9.17, 15) is 9.90 Å². The summed E-state index contributed by atoms with van der Waals surface area (Å²) in [6.07, 6.45) is 2.16. The molecule has 0 fully saturated rings. The summed E-state index contributed by atoms with van der Waals surface area (Å²) >= 11 is 1.53. The van der Waals surface area contributed by atoms with E-state index in [0.717, 1.165) is 18.4 Å². The zero-order valence-electron chi connectivity index (χ0n) is 10.9. The van der Waals surface area contributed by atoms with Gasteiger partial charge in [0.25, 0.3) is 0 Å². The van der Waals surface area contributed by atoms with Crippen molar-refractivity contribution in [2.24, 2.45) is 0 Å². The predicted octanol–water partition coefficient (Wildman–Crippen LogP) is 1.89. The highest BCUT2D eigenvalue weighted by atomic mass is 32.1. The molecular weight excluding hydrogens is 250 g/mol. The molecule has 102 valence electrons. The summed E-state index contributed by atoms with van der Waals surface area (Å²) in [6.45, 7) is 2.63. The number of carbonyl (C=O) groups is 1. The quantitative estimate of drug-likeness (QED) is 0.710. The van der Waals surface area contributed by atoms with Crippen LogP contribution in [0.15, 0.2) is 16.8 Å². The highest BCUT2D eigenvalue weighted by Crippen LogP contribution is 2.21.